The molecule has 16 heavy (non-hydrogen) atoms. The van der Waals surface area contributed by atoms with Crippen LogP contribution in [0.15, 0.2) is 6.20 Å². The molecule has 5 nitrogen and oxygen atoms in total. The third kappa shape index (κ3) is 2.48. The van der Waals surface area contributed by atoms with Gasteiger partial charge < -0.3 is 15.4 Å². The number of aromatic nitrogens is 2. The maximum atomic E-state index is 5.68. The topological polar surface area (TPSA) is 64.3 Å². The maximum absolute atomic E-state index is 5.68. The minimum Gasteiger partial charge on any atom is -0.382 e. The highest BCUT2D eigenvalue weighted by atomic mass is 16.5. The first kappa shape index (κ1) is 11.3. The van der Waals surface area contributed by atoms with Crippen LogP contribution in [-0.2, 0) is 11.3 Å². The molecule has 1 aromatic rings. The molecule has 0 saturated carbocycles. The zero-order valence-corrected chi connectivity index (χ0v) is 9.81. The first-order valence-corrected chi connectivity index (χ1v) is 5.50. The summed E-state index contributed by atoms with van der Waals surface area (Å²) >= 11 is 0. The molecule has 0 aliphatic carbocycles. The van der Waals surface area contributed by atoms with Gasteiger partial charge in [0.1, 0.15) is 5.82 Å². The van der Waals surface area contributed by atoms with Crippen molar-refractivity contribution in [3.05, 3.63) is 17.6 Å². The molecule has 1 unspecified atom stereocenters. The van der Waals surface area contributed by atoms with Crippen LogP contribution in [0.2, 0.25) is 0 Å². The molecule has 88 valence electrons. The van der Waals surface area contributed by atoms with Crippen molar-refractivity contribution in [1.82, 2.24) is 14.9 Å². The predicted octanol–water partition coefficient (Wildman–Crippen LogP) is 0.624. The Bertz CT molecular complexity index is 361. The Kier molecular flexibility index (Phi) is 3.36. The van der Waals surface area contributed by atoms with E-state index in [0.29, 0.717) is 11.7 Å². The molecule has 2 rings (SSSR count). The first-order valence-electron chi connectivity index (χ1n) is 5.50. The van der Waals surface area contributed by atoms with Crippen LogP contribution >= 0.6 is 0 Å². The molecule has 1 aliphatic rings. The molecule has 1 aromatic heterocycles. The third-order valence-corrected chi connectivity index (χ3v) is 2.68. The van der Waals surface area contributed by atoms with E-state index in [1.165, 1.54) is 0 Å². The zero-order valence-electron chi connectivity index (χ0n) is 9.81. The second kappa shape index (κ2) is 4.76. The summed E-state index contributed by atoms with van der Waals surface area (Å²) in [6.07, 6.45) is 2.66. The molecule has 0 amide bonds. The van der Waals surface area contributed by atoms with Crippen molar-refractivity contribution in [2.24, 2.45) is 0 Å². The Morgan fingerprint density at radius 1 is 1.56 bits per heavy atom. The summed E-state index contributed by atoms with van der Waals surface area (Å²) in [6.45, 7) is 2.33. The van der Waals surface area contributed by atoms with Crippen LogP contribution in [0.1, 0.15) is 23.7 Å². The van der Waals surface area contributed by atoms with Gasteiger partial charge in [0.25, 0.3) is 0 Å². The molecule has 0 radical (unpaired) electrons. The molecule has 0 bridgehead atoms. The van der Waals surface area contributed by atoms with Gasteiger partial charge >= 0.3 is 0 Å². The van der Waals surface area contributed by atoms with E-state index in [1.807, 2.05) is 14.1 Å². The van der Waals surface area contributed by atoms with Crippen LogP contribution < -0.4 is 5.73 Å². The summed E-state index contributed by atoms with van der Waals surface area (Å²) in [5, 5.41) is 0. The molecule has 1 saturated heterocycles. The molecular weight excluding hydrogens is 204 g/mol. The highest BCUT2D eigenvalue weighted by Crippen LogP contribution is 2.26. The lowest BCUT2D eigenvalue weighted by atomic mass is 10.0. The van der Waals surface area contributed by atoms with E-state index in [0.717, 1.165) is 37.6 Å². The van der Waals surface area contributed by atoms with E-state index >= 15 is 0 Å². The lowest BCUT2D eigenvalue weighted by molar-refractivity contribution is 0.193. The maximum Gasteiger partial charge on any atom is 0.142 e. The van der Waals surface area contributed by atoms with Gasteiger partial charge in [0.2, 0.25) is 0 Å². The molecule has 0 spiro atoms. The van der Waals surface area contributed by atoms with E-state index in [4.69, 9.17) is 10.5 Å². The summed E-state index contributed by atoms with van der Waals surface area (Å²) in [6, 6.07) is 0. The van der Waals surface area contributed by atoms with Crippen molar-refractivity contribution in [3.63, 3.8) is 0 Å². The predicted molar refractivity (Wildman–Crippen MR) is 62.0 cm³/mol. The van der Waals surface area contributed by atoms with Crippen LogP contribution in [0.5, 0.6) is 0 Å². The summed E-state index contributed by atoms with van der Waals surface area (Å²) in [5.74, 6) is 0.863. The summed E-state index contributed by atoms with van der Waals surface area (Å²) in [5.41, 5.74) is 7.69. The van der Waals surface area contributed by atoms with Gasteiger partial charge in [-0.05, 0) is 20.5 Å². The van der Waals surface area contributed by atoms with Gasteiger partial charge in [-0.25, -0.2) is 4.98 Å². The average Bonchev–Trinajstić information content (AvgIpc) is 2.69. The van der Waals surface area contributed by atoms with Crippen molar-refractivity contribution in [2.45, 2.75) is 18.9 Å². The number of hydrogen-bond donors (Lipinski definition) is 1. The van der Waals surface area contributed by atoms with Gasteiger partial charge in [-0.2, -0.15) is 0 Å². The lowest BCUT2D eigenvalue weighted by Gasteiger charge is -2.15. The molecule has 1 fully saturated rings. The normalized spacial score (nSPS) is 20.6. The van der Waals surface area contributed by atoms with Crippen molar-refractivity contribution >= 4 is 5.82 Å². The molecular formula is C11H18N4O. The van der Waals surface area contributed by atoms with Gasteiger partial charge in [-0.15, -0.1) is 0 Å². The molecule has 1 atom stereocenters. The minimum absolute atomic E-state index is 0.378. The first-order chi connectivity index (χ1) is 7.66. The van der Waals surface area contributed by atoms with E-state index in [2.05, 4.69) is 14.9 Å². The highest BCUT2D eigenvalue weighted by molar-refractivity contribution is 5.29. The van der Waals surface area contributed by atoms with Crippen LogP contribution in [0, 0.1) is 0 Å². The Morgan fingerprint density at radius 2 is 2.38 bits per heavy atom. The van der Waals surface area contributed by atoms with Gasteiger partial charge in [0.05, 0.1) is 24.2 Å². The third-order valence-electron chi connectivity index (χ3n) is 2.68. The quantitative estimate of drug-likeness (QED) is 0.812. The van der Waals surface area contributed by atoms with Crippen molar-refractivity contribution in [2.75, 3.05) is 33.0 Å². The molecule has 2 heterocycles. The monoisotopic (exact) mass is 222 g/mol. The fourth-order valence-electron chi connectivity index (χ4n) is 1.96. The van der Waals surface area contributed by atoms with Gasteiger partial charge in [-0.3, -0.25) is 4.98 Å². The fraction of sp³-hybridized carbons (Fsp3) is 0.636. The number of nitrogen functional groups attached to an aromatic ring is 1. The van der Waals surface area contributed by atoms with Crippen LogP contribution in [0.25, 0.3) is 0 Å². The summed E-state index contributed by atoms with van der Waals surface area (Å²) in [4.78, 5) is 10.9. The van der Waals surface area contributed by atoms with E-state index in [9.17, 15) is 0 Å². The average molecular weight is 222 g/mol. The fourth-order valence-corrected chi connectivity index (χ4v) is 1.96. The van der Waals surface area contributed by atoms with Gasteiger partial charge in [-0.1, -0.05) is 0 Å². The van der Waals surface area contributed by atoms with Crippen molar-refractivity contribution in [3.8, 4) is 0 Å². The Morgan fingerprint density at radius 3 is 3.00 bits per heavy atom. The number of anilines is 1. The number of nitrogens with two attached hydrogens (primary N) is 1. The second-order valence-electron chi connectivity index (χ2n) is 4.43. The van der Waals surface area contributed by atoms with Crippen molar-refractivity contribution in [1.29, 1.82) is 0 Å². The number of rotatable bonds is 3. The zero-order chi connectivity index (χ0) is 11.5. The van der Waals surface area contributed by atoms with Crippen LogP contribution in [0.4, 0.5) is 5.82 Å². The van der Waals surface area contributed by atoms with E-state index in [-0.39, 0.29) is 0 Å². The Hall–Kier alpha value is -1.20. The van der Waals surface area contributed by atoms with Crippen LogP contribution in [0.3, 0.4) is 0 Å². The van der Waals surface area contributed by atoms with E-state index < -0.39 is 0 Å². The largest absolute Gasteiger partial charge is 0.382 e. The van der Waals surface area contributed by atoms with Gasteiger partial charge in [0, 0.05) is 19.1 Å². The molecule has 1 aliphatic heterocycles. The Balaban J connectivity index is 2.27. The highest BCUT2D eigenvalue weighted by Gasteiger charge is 2.23. The van der Waals surface area contributed by atoms with Crippen LogP contribution in [-0.4, -0.2) is 42.2 Å². The van der Waals surface area contributed by atoms with E-state index in [1.54, 1.807) is 6.20 Å². The molecule has 5 heteroatoms. The number of nitrogens with zero attached hydrogens (tertiary/aromatic N) is 3. The van der Waals surface area contributed by atoms with Crippen molar-refractivity contribution < 1.29 is 4.74 Å². The standard InChI is InChI=1S/C11H18N4O/c1-15(2)6-9-11(8-3-4-16-7-8)13-5-10(12)14-9/h5,8H,3-4,6-7H2,1-2H3,(H2,12,14). The molecule has 0 aromatic carbocycles. The smallest absolute Gasteiger partial charge is 0.142 e. The summed E-state index contributed by atoms with van der Waals surface area (Å²) < 4.78 is 5.39. The van der Waals surface area contributed by atoms with Gasteiger partial charge in [0.15, 0.2) is 0 Å². The minimum atomic E-state index is 0.378. The summed E-state index contributed by atoms with van der Waals surface area (Å²) in [7, 11) is 4.03. The Labute approximate surface area is 95.6 Å². The second-order valence-corrected chi connectivity index (χ2v) is 4.43. The molecule has 2 N–H and O–H groups in total. The number of ether oxygens (including phenoxy) is 1. The SMILES string of the molecule is CN(C)Cc1nc(N)cnc1C1CCOC1. The lowest BCUT2D eigenvalue weighted by Crippen LogP contribution is -2.17. The number of hydrogen-bond acceptors (Lipinski definition) is 5.